The molecule has 1 aromatic heterocycles. The number of likely N-dealkylation sites (tertiary alicyclic amines) is 1. The summed E-state index contributed by atoms with van der Waals surface area (Å²) in [5.74, 6) is 0.588. The number of carbonyl (C=O) groups excluding carboxylic acids is 1. The van der Waals surface area contributed by atoms with Crippen LogP contribution in [-0.2, 0) is 11.3 Å². The van der Waals surface area contributed by atoms with Gasteiger partial charge in [0.1, 0.15) is 12.4 Å². The molecule has 0 aromatic carbocycles. The van der Waals surface area contributed by atoms with Gasteiger partial charge in [-0.05, 0) is 44.7 Å². The second kappa shape index (κ2) is 11.4. The Morgan fingerprint density at radius 1 is 1.33 bits per heavy atom. The largest absolute Gasteiger partial charge is 0.354 e. The highest BCUT2D eigenvalue weighted by Crippen LogP contribution is 2.16. The molecule has 0 bridgehead atoms. The third-order valence-electron chi connectivity index (χ3n) is 5.02. The highest BCUT2D eigenvalue weighted by Gasteiger charge is 2.24. The summed E-state index contributed by atoms with van der Waals surface area (Å²) in [6.45, 7) is 5.08. The van der Waals surface area contributed by atoms with E-state index < -0.39 is 4.92 Å². The summed E-state index contributed by atoms with van der Waals surface area (Å²) in [5, 5.41) is 21.0. The molecule has 0 saturated carbocycles. The Bertz CT molecular complexity index is 609. The van der Waals surface area contributed by atoms with E-state index in [9.17, 15) is 14.9 Å². The molecule has 9 nitrogen and oxygen atoms in total. The molecule has 0 spiro atoms. The summed E-state index contributed by atoms with van der Waals surface area (Å²) in [4.78, 5) is 24.7. The molecule has 0 radical (unpaired) electrons. The standard InChI is InChI=1S/C16H26N6O3.2ClH/c23-16(15-4-1-5-17-15)18-9-13-3-2-6-20(11-13)7-8-21-12-14(10-19-21)22(24)25;;/h10,12-13,15,17H,1-9,11H2,(H,18,23);2*1H. The van der Waals surface area contributed by atoms with Crippen LogP contribution in [-0.4, -0.2) is 64.3 Å². The zero-order chi connectivity index (χ0) is 17.6. The van der Waals surface area contributed by atoms with Crippen LogP contribution < -0.4 is 10.6 Å². The first-order valence-corrected chi connectivity index (χ1v) is 9.02. The van der Waals surface area contributed by atoms with Crippen LogP contribution >= 0.6 is 24.8 Å². The summed E-state index contributed by atoms with van der Waals surface area (Å²) < 4.78 is 1.62. The van der Waals surface area contributed by atoms with Crippen LogP contribution in [0.3, 0.4) is 0 Å². The van der Waals surface area contributed by atoms with E-state index in [-0.39, 0.29) is 42.5 Å². The maximum Gasteiger partial charge on any atom is 0.306 e. The van der Waals surface area contributed by atoms with Gasteiger partial charge in [0.05, 0.1) is 17.5 Å². The van der Waals surface area contributed by atoms with Crippen LogP contribution in [0, 0.1) is 16.0 Å². The molecule has 0 aliphatic carbocycles. The van der Waals surface area contributed by atoms with Crippen molar-refractivity contribution in [3.05, 3.63) is 22.5 Å². The SMILES string of the molecule is Cl.Cl.O=C(NCC1CCCN(CCn2cc([N+](=O)[O-])cn2)C1)C1CCCN1. The number of rotatable bonds is 7. The van der Waals surface area contributed by atoms with E-state index in [1.807, 2.05) is 0 Å². The average Bonchev–Trinajstić information content (AvgIpc) is 3.30. The van der Waals surface area contributed by atoms with Gasteiger partial charge < -0.3 is 15.5 Å². The van der Waals surface area contributed by atoms with Crippen LogP contribution in [0.1, 0.15) is 25.7 Å². The fraction of sp³-hybridized carbons (Fsp3) is 0.750. The quantitative estimate of drug-likeness (QED) is 0.505. The van der Waals surface area contributed by atoms with Gasteiger partial charge in [-0.3, -0.25) is 19.6 Å². The highest BCUT2D eigenvalue weighted by molar-refractivity contribution is 5.85. The van der Waals surface area contributed by atoms with Gasteiger partial charge in [-0.1, -0.05) is 0 Å². The molecule has 2 aliphatic rings. The molecule has 27 heavy (non-hydrogen) atoms. The second-order valence-corrected chi connectivity index (χ2v) is 6.92. The Morgan fingerprint density at radius 2 is 2.15 bits per heavy atom. The fourth-order valence-corrected chi connectivity index (χ4v) is 3.61. The summed E-state index contributed by atoms with van der Waals surface area (Å²) in [5.41, 5.74) is 0.0276. The first-order valence-electron chi connectivity index (χ1n) is 9.02. The van der Waals surface area contributed by atoms with Crippen LogP contribution in [0.15, 0.2) is 12.4 Å². The number of nitrogens with one attached hydrogen (secondary N) is 2. The number of hydrogen-bond acceptors (Lipinski definition) is 6. The van der Waals surface area contributed by atoms with Crippen LogP contribution in [0.5, 0.6) is 0 Å². The Balaban J connectivity index is 0.00000182. The lowest BCUT2D eigenvalue weighted by Crippen LogP contribution is -2.46. The number of halogens is 2. The minimum absolute atomic E-state index is 0. The molecule has 1 aromatic rings. The predicted octanol–water partition coefficient (Wildman–Crippen LogP) is 1.22. The van der Waals surface area contributed by atoms with Crippen LogP contribution in [0.25, 0.3) is 0 Å². The summed E-state index contributed by atoms with van der Waals surface area (Å²) in [7, 11) is 0. The minimum Gasteiger partial charge on any atom is -0.354 e. The molecular weight excluding hydrogens is 395 g/mol. The molecule has 2 saturated heterocycles. The predicted molar refractivity (Wildman–Crippen MR) is 107 cm³/mol. The van der Waals surface area contributed by atoms with Gasteiger partial charge in [-0.2, -0.15) is 5.10 Å². The number of carbonyl (C=O) groups is 1. The van der Waals surface area contributed by atoms with Crippen molar-refractivity contribution in [2.45, 2.75) is 38.3 Å². The van der Waals surface area contributed by atoms with Crippen molar-refractivity contribution in [2.75, 3.05) is 32.7 Å². The number of nitrogens with zero attached hydrogens (tertiary/aromatic N) is 4. The summed E-state index contributed by atoms with van der Waals surface area (Å²) in [6, 6.07) is -0.0182. The first-order chi connectivity index (χ1) is 12.1. The molecule has 2 atom stereocenters. The van der Waals surface area contributed by atoms with E-state index in [1.54, 1.807) is 4.68 Å². The number of aromatic nitrogens is 2. The molecule has 2 N–H and O–H groups in total. The van der Waals surface area contributed by atoms with Crippen LogP contribution in [0.4, 0.5) is 5.69 Å². The van der Waals surface area contributed by atoms with Gasteiger partial charge in [0.15, 0.2) is 0 Å². The van der Waals surface area contributed by atoms with Crippen molar-refractivity contribution in [1.29, 1.82) is 0 Å². The lowest BCUT2D eigenvalue weighted by atomic mass is 9.98. The normalized spacial score (nSPS) is 22.5. The number of nitro groups is 1. The fourth-order valence-electron chi connectivity index (χ4n) is 3.61. The molecular formula is C16H28Cl2N6O3. The van der Waals surface area contributed by atoms with Crippen molar-refractivity contribution in [3.63, 3.8) is 0 Å². The molecule has 11 heteroatoms. The van der Waals surface area contributed by atoms with Gasteiger partial charge in [0.25, 0.3) is 0 Å². The third kappa shape index (κ3) is 6.91. The van der Waals surface area contributed by atoms with Gasteiger partial charge in [0, 0.05) is 19.6 Å². The Morgan fingerprint density at radius 3 is 2.81 bits per heavy atom. The van der Waals surface area contributed by atoms with Crippen molar-refractivity contribution in [1.82, 2.24) is 25.3 Å². The first kappa shape index (κ1) is 23.6. The van der Waals surface area contributed by atoms with E-state index in [0.717, 1.165) is 58.4 Å². The van der Waals surface area contributed by atoms with E-state index in [0.29, 0.717) is 12.5 Å². The highest BCUT2D eigenvalue weighted by atomic mass is 35.5. The van der Waals surface area contributed by atoms with Crippen molar-refractivity contribution < 1.29 is 9.72 Å². The third-order valence-corrected chi connectivity index (χ3v) is 5.02. The van der Waals surface area contributed by atoms with E-state index in [4.69, 9.17) is 0 Å². The molecule has 3 rings (SSSR count). The molecule has 2 unspecified atom stereocenters. The smallest absolute Gasteiger partial charge is 0.306 e. The van der Waals surface area contributed by atoms with Gasteiger partial charge >= 0.3 is 5.69 Å². The lowest BCUT2D eigenvalue weighted by molar-refractivity contribution is -0.385. The molecule has 3 heterocycles. The molecule has 2 aliphatic heterocycles. The molecule has 1 amide bonds. The zero-order valence-electron chi connectivity index (χ0n) is 15.2. The van der Waals surface area contributed by atoms with E-state index >= 15 is 0 Å². The van der Waals surface area contributed by atoms with E-state index in [2.05, 4.69) is 20.6 Å². The average molecular weight is 423 g/mol. The number of piperidine rings is 1. The number of amides is 1. The second-order valence-electron chi connectivity index (χ2n) is 6.92. The lowest BCUT2D eigenvalue weighted by Gasteiger charge is -2.32. The van der Waals surface area contributed by atoms with Crippen LogP contribution in [0.2, 0.25) is 0 Å². The van der Waals surface area contributed by atoms with Gasteiger partial charge in [-0.15, -0.1) is 24.8 Å². The maximum atomic E-state index is 12.1. The van der Waals surface area contributed by atoms with Crippen molar-refractivity contribution in [2.24, 2.45) is 5.92 Å². The topological polar surface area (TPSA) is 105 Å². The minimum atomic E-state index is -0.428. The maximum absolute atomic E-state index is 12.1. The Labute approximate surface area is 171 Å². The number of hydrogen-bond donors (Lipinski definition) is 2. The van der Waals surface area contributed by atoms with Gasteiger partial charge in [0.2, 0.25) is 5.91 Å². The Kier molecular flexibility index (Phi) is 10.00. The Hall–Kier alpha value is -1.42. The molecule has 2 fully saturated rings. The van der Waals surface area contributed by atoms with Crippen molar-refractivity contribution in [3.8, 4) is 0 Å². The van der Waals surface area contributed by atoms with E-state index in [1.165, 1.54) is 12.4 Å². The zero-order valence-corrected chi connectivity index (χ0v) is 16.8. The monoisotopic (exact) mass is 422 g/mol. The van der Waals surface area contributed by atoms with Crippen molar-refractivity contribution >= 4 is 36.4 Å². The summed E-state index contributed by atoms with van der Waals surface area (Å²) >= 11 is 0. The van der Waals surface area contributed by atoms with Gasteiger partial charge in [-0.25, -0.2) is 0 Å². The summed E-state index contributed by atoms with van der Waals surface area (Å²) in [6.07, 6.45) is 6.99. The molecule has 154 valence electrons.